The molecule has 1 saturated heterocycles. The van der Waals surface area contributed by atoms with Gasteiger partial charge in [0, 0.05) is 11.5 Å². The average Bonchev–Trinajstić information content (AvgIpc) is 2.89. The number of imide groups is 1. The molecule has 27 heavy (non-hydrogen) atoms. The van der Waals surface area contributed by atoms with Gasteiger partial charge in [-0.1, -0.05) is 43.2 Å². The van der Waals surface area contributed by atoms with Crippen LogP contribution in [0.25, 0.3) is 0 Å². The molecule has 1 aromatic carbocycles. The molecule has 2 rings (SSSR count). The maximum Gasteiger partial charge on any atom is 0.322 e. The Hall–Kier alpha value is -2.77. The first-order valence-electron chi connectivity index (χ1n) is 8.89. The van der Waals surface area contributed by atoms with Gasteiger partial charge in [0.15, 0.2) is 5.41 Å². The van der Waals surface area contributed by atoms with Crippen LogP contribution in [0.2, 0.25) is 0 Å². The summed E-state index contributed by atoms with van der Waals surface area (Å²) >= 11 is 0. The molecule has 0 radical (unpaired) electrons. The number of aryl methyl sites for hydroxylation is 1. The molecule has 146 valence electrons. The smallest absolute Gasteiger partial charge is 0.322 e. The Bertz CT molecular complexity index is 745. The predicted molar refractivity (Wildman–Crippen MR) is 96.5 cm³/mol. The molecule has 8 nitrogen and oxygen atoms in total. The molecule has 1 fully saturated rings. The van der Waals surface area contributed by atoms with E-state index in [2.05, 4.69) is 0 Å². The van der Waals surface area contributed by atoms with Crippen molar-refractivity contribution in [2.45, 2.75) is 39.0 Å². The Balaban J connectivity index is 2.58. The molecule has 1 heterocycles. The molecule has 0 saturated carbocycles. The zero-order valence-corrected chi connectivity index (χ0v) is 15.8. The quantitative estimate of drug-likeness (QED) is 0.226. The van der Waals surface area contributed by atoms with Gasteiger partial charge in [0.25, 0.3) is 0 Å². The van der Waals surface area contributed by atoms with Crippen molar-refractivity contribution < 1.29 is 24.0 Å². The molecular weight excluding hydrogens is 352 g/mol. The van der Waals surface area contributed by atoms with Crippen LogP contribution in [0.3, 0.4) is 0 Å². The van der Waals surface area contributed by atoms with Crippen LogP contribution >= 0.6 is 0 Å². The van der Waals surface area contributed by atoms with E-state index < -0.39 is 47.0 Å². The molecule has 8 heteroatoms. The number of hydrogen-bond acceptors (Lipinski definition) is 6. The molecule has 0 spiro atoms. The molecule has 0 unspecified atom stereocenters. The Kier molecular flexibility index (Phi) is 6.30. The summed E-state index contributed by atoms with van der Waals surface area (Å²) in [4.78, 5) is 50.3. The lowest BCUT2D eigenvalue weighted by molar-refractivity contribution is -0.485. The number of unbranched alkanes of at least 4 members (excludes halogenated alkanes) is 1. The number of hydrogen-bond donors (Lipinski definition) is 0. The van der Waals surface area contributed by atoms with Gasteiger partial charge in [0.05, 0.1) is 19.4 Å². The third-order valence-corrected chi connectivity index (χ3v) is 5.05. The summed E-state index contributed by atoms with van der Waals surface area (Å²) in [6.07, 6.45) is 0.937. The summed E-state index contributed by atoms with van der Waals surface area (Å²) in [7, 11) is 1.12. The predicted octanol–water partition coefficient (Wildman–Crippen LogP) is 2.07. The van der Waals surface area contributed by atoms with Crippen molar-refractivity contribution in [1.29, 1.82) is 0 Å². The van der Waals surface area contributed by atoms with Crippen molar-refractivity contribution in [2.24, 2.45) is 5.41 Å². The minimum Gasteiger partial charge on any atom is -0.468 e. The fourth-order valence-corrected chi connectivity index (χ4v) is 3.56. The molecule has 1 aromatic rings. The number of methoxy groups -OCH3 is 1. The number of likely N-dealkylation sites (tertiary alicyclic amines) is 1. The average molecular weight is 376 g/mol. The number of rotatable bonds is 8. The van der Waals surface area contributed by atoms with E-state index in [0.717, 1.165) is 24.0 Å². The Morgan fingerprint density at radius 3 is 2.48 bits per heavy atom. The van der Waals surface area contributed by atoms with Crippen molar-refractivity contribution in [3.8, 4) is 0 Å². The summed E-state index contributed by atoms with van der Waals surface area (Å²) in [5, 5.41) is 11.3. The van der Waals surface area contributed by atoms with E-state index >= 15 is 0 Å². The van der Waals surface area contributed by atoms with E-state index in [0.29, 0.717) is 12.0 Å². The number of esters is 1. The number of carbonyl (C=O) groups excluding carboxylic acids is 3. The van der Waals surface area contributed by atoms with Crippen molar-refractivity contribution in [1.82, 2.24) is 4.90 Å². The molecule has 0 N–H and O–H groups in total. The highest BCUT2D eigenvalue weighted by Gasteiger charge is 2.63. The number of benzene rings is 1. The van der Waals surface area contributed by atoms with Crippen molar-refractivity contribution in [2.75, 3.05) is 20.2 Å². The van der Waals surface area contributed by atoms with Gasteiger partial charge < -0.3 is 4.74 Å². The van der Waals surface area contributed by atoms with Gasteiger partial charge in [-0.15, -0.1) is 0 Å². The monoisotopic (exact) mass is 376 g/mol. The van der Waals surface area contributed by atoms with E-state index in [1.165, 1.54) is 0 Å². The van der Waals surface area contributed by atoms with Gasteiger partial charge in [0.2, 0.25) is 18.4 Å². The lowest BCUT2D eigenvalue weighted by Crippen LogP contribution is -2.47. The van der Waals surface area contributed by atoms with Gasteiger partial charge in [0.1, 0.15) is 0 Å². The Morgan fingerprint density at radius 2 is 1.96 bits per heavy atom. The van der Waals surface area contributed by atoms with E-state index in [9.17, 15) is 24.5 Å². The number of ether oxygens (including phenoxy) is 1. The highest BCUT2D eigenvalue weighted by molar-refractivity contribution is 6.16. The first-order valence-corrected chi connectivity index (χ1v) is 8.89. The van der Waals surface area contributed by atoms with Crippen LogP contribution in [-0.4, -0.2) is 47.8 Å². The molecule has 2 atom stereocenters. The van der Waals surface area contributed by atoms with Gasteiger partial charge in [-0.05, 0) is 18.9 Å². The Labute approximate surface area is 157 Å². The van der Waals surface area contributed by atoms with Crippen molar-refractivity contribution in [3.63, 3.8) is 0 Å². The van der Waals surface area contributed by atoms with Crippen LogP contribution in [0.1, 0.15) is 43.2 Å². The summed E-state index contributed by atoms with van der Waals surface area (Å²) in [5.74, 6) is -3.21. The fraction of sp³-hybridized carbons (Fsp3) is 0.526. The maximum atomic E-state index is 13.2. The van der Waals surface area contributed by atoms with Gasteiger partial charge in [-0.2, -0.15) is 0 Å². The molecule has 1 aliphatic rings. The lowest BCUT2D eigenvalue weighted by atomic mass is 9.70. The summed E-state index contributed by atoms with van der Waals surface area (Å²) in [6, 6.07) is 6.81. The SMILES string of the molecule is CCCCN1C(=O)C[C@@](C(=O)OC)([C@@H](C[N+](=O)[O-])c2ccc(C)cc2)C1=O. The van der Waals surface area contributed by atoms with Crippen LogP contribution in [0, 0.1) is 22.5 Å². The van der Waals surface area contributed by atoms with Crippen LogP contribution in [0.5, 0.6) is 0 Å². The highest BCUT2D eigenvalue weighted by Crippen LogP contribution is 2.46. The van der Waals surface area contributed by atoms with Crippen LogP contribution in [0.15, 0.2) is 24.3 Å². The standard InChI is InChI=1S/C19H24N2O6/c1-4-5-10-20-16(22)11-19(17(20)23,18(24)27-3)15(12-21(25)26)14-8-6-13(2)7-9-14/h6-9,15H,4-5,10-12H2,1-3H3/t15-,19+/m0/s1. The zero-order chi connectivity index (χ0) is 20.2. The summed E-state index contributed by atoms with van der Waals surface area (Å²) < 4.78 is 4.86. The van der Waals surface area contributed by atoms with Gasteiger partial charge in [-0.3, -0.25) is 29.4 Å². The van der Waals surface area contributed by atoms with Crippen LogP contribution in [-0.2, 0) is 19.1 Å². The van der Waals surface area contributed by atoms with E-state index in [1.54, 1.807) is 24.3 Å². The number of nitro groups is 1. The normalized spacial score (nSPS) is 20.6. The fourth-order valence-electron chi connectivity index (χ4n) is 3.56. The molecule has 1 aliphatic heterocycles. The van der Waals surface area contributed by atoms with E-state index in [-0.39, 0.29) is 6.54 Å². The number of amides is 2. The highest BCUT2D eigenvalue weighted by atomic mass is 16.6. The Morgan fingerprint density at radius 1 is 1.33 bits per heavy atom. The number of carbonyl (C=O) groups is 3. The molecule has 0 aliphatic carbocycles. The second-order valence-corrected chi connectivity index (χ2v) is 6.82. The third-order valence-electron chi connectivity index (χ3n) is 5.05. The minimum atomic E-state index is -1.91. The molecule has 0 bridgehead atoms. The molecule has 2 amide bonds. The lowest BCUT2D eigenvalue weighted by Gasteiger charge is -2.30. The van der Waals surface area contributed by atoms with Crippen LogP contribution in [0.4, 0.5) is 0 Å². The summed E-state index contributed by atoms with van der Waals surface area (Å²) in [6.45, 7) is 3.31. The van der Waals surface area contributed by atoms with Crippen molar-refractivity contribution >= 4 is 17.8 Å². The van der Waals surface area contributed by atoms with Gasteiger partial charge >= 0.3 is 5.97 Å². The van der Waals surface area contributed by atoms with Gasteiger partial charge in [-0.25, -0.2) is 0 Å². The summed E-state index contributed by atoms with van der Waals surface area (Å²) in [5.41, 5.74) is -0.521. The number of nitrogens with zero attached hydrogens (tertiary/aromatic N) is 2. The van der Waals surface area contributed by atoms with Crippen molar-refractivity contribution in [3.05, 3.63) is 45.5 Å². The molecule has 0 aromatic heterocycles. The first-order chi connectivity index (χ1) is 12.8. The largest absolute Gasteiger partial charge is 0.468 e. The second-order valence-electron chi connectivity index (χ2n) is 6.82. The third kappa shape index (κ3) is 3.84. The van der Waals surface area contributed by atoms with E-state index in [1.807, 2.05) is 13.8 Å². The van der Waals surface area contributed by atoms with Crippen LogP contribution < -0.4 is 0 Å². The van der Waals surface area contributed by atoms with E-state index in [4.69, 9.17) is 4.74 Å². The first kappa shape index (κ1) is 20.5. The zero-order valence-electron chi connectivity index (χ0n) is 15.8. The molecular formula is C19H24N2O6. The minimum absolute atomic E-state index is 0.187. The topological polar surface area (TPSA) is 107 Å². The second kappa shape index (κ2) is 8.28. The maximum absolute atomic E-state index is 13.2.